The van der Waals surface area contributed by atoms with Crippen LogP contribution in [0.3, 0.4) is 0 Å². The largest absolute Gasteiger partial charge is 0.341 e. The lowest BCUT2D eigenvalue weighted by atomic mass is 10.0. The van der Waals surface area contributed by atoms with Gasteiger partial charge in [0.25, 0.3) is 0 Å². The van der Waals surface area contributed by atoms with Gasteiger partial charge in [-0.2, -0.15) is 0 Å². The zero-order valence-corrected chi connectivity index (χ0v) is 9.12. The van der Waals surface area contributed by atoms with E-state index in [1.54, 1.807) is 0 Å². The smallest absolute Gasteiger partial charge is 0.225 e. The number of carbonyl (C=O) groups is 1. The highest BCUT2D eigenvalue weighted by Crippen LogP contribution is 2.37. The third-order valence-corrected chi connectivity index (χ3v) is 3.65. The van der Waals surface area contributed by atoms with Crippen LogP contribution >= 0.6 is 0 Å². The maximum Gasteiger partial charge on any atom is 0.225 e. The minimum atomic E-state index is 0.251. The predicted molar refractivity (Wildman–Crippen MR) is 55.9 cm³/mol. The molecule has 1 aliphatic carbocycles. The zero-order chi connectivity index (χ0) is 10.1. The lowest BCUT2D eigenvalue weighted by Gasteiger charge is -2.26. The van der Waals surface area contributed by atoms with Gasteiger partial charge in [-0.25, -0.2) is 0 Å². The van der Waals surface area contributed by atoms with Crippen molar-refractivity contribution in [2.75, 3.05) is 20.1 Å². The number of hydrogen-bond donors (Lipinski definition) is 1. The molecule has 1 saturated carbocycles. The molecule has 3 nitrogen and oxygen atoms in total. The molecule has 2 atom stereocenters. The molecule has 1 N–H and O–H groups in total. The fourth-order valence-electron chi connectivity index (χ4n) is 2.27. The highest BCUT2D eigenvalue weighted by Gasteiger charge is 2.35. The molecule has 0 bridgehead atoms. The van der Waals surface area contributed by atoms with Gasteiger partial charge >= 0.3 is 0 Å². The van der Waals surface area contributed by atoms with E-state index >= 15 is 0 Å². The fraction of sp³-hybridized carbons (Fsp3) is 0.909. The summed E-state index contributed by atoms with van der Waals surface area (Å²) in [5.41, 5.74) is 0. The zero-order valence-electron chi connectivity index (χ0n) is 9.12. The summed E-state index contributed by atoms with van der Waals surface area (Å²) in [5, 5.41) is 3.30. The first-order valence-electron chi connectivity index (χ1n) is 5.67. The van der Waals surface area contributed by atoms with Gasteiger partial charge in [-0.3, -0.25) is 4.79 Å². The molecule has 80 valence electrons. The molecule has 2 aliphatic rings. The van der Waals surface area contributed by atoms with Gasteiger partial charge in [0, 0.05) is 25.6 Å². The second kappa shape index (κ2) is 3.89. The SMILES string of the molecule is CC(C(=O)N(C)C1CCNC1)C1CC1. The number of likely N-dealkylation sites (N-methyl/N-ethyl adjacent to an activating group) is 1. The van der Waals surface area contributed by atoms with Crippen LogP contribution in [-0.4, -0.2) is 37.0 Å². The van der Waals surface area contributed by atoms with E-state index < -0.39 is 0 Å². The molecule has 2 unspecified atom stereocenters. The molecule has 2 fully saturated rings. The summed E-state index contributed by atoms with van der Waals surface area (Å²) in [6, 6.07) is 0.434. The van der Waals surface area contributed by atoms with Crippen LogP contribution in [-0.2, 0) is 4.79 Å². The van der Waals surface area contributed by atoms with E-state index in [1.807, 2.05) is 11.9 Å². The normalized spacial score (nSPS) is 28.9. The van der Waals surface area contributed by atoms with Crippen molar-refractivity contribution in [1.82, 2.24) is 10.2 Å². The van der Waals surface area contributed by atoms with Crippen molar-refractivity contribution in [2.45, 2.75) is 32.2 Å². The third-order valence-electron chi connectivity index (χ3n) is 3.65. The Morgan fingerprint density at radius 1 is 1.43 bits per heavy atom. The first-order valence-corrected chi connectivity index (χ1v) is 5.67. The van der Waals surface area contributed by atoms with Gasteiger partial charge in [-0.1, -0.05) is 6.92 Å². The monoisotopic (exact) mass is 196 g/mol. The van der Waals surface area contributed by atoms with Gasteiger partial charge in [0.05, 0.1) is 0 Å². The summed E-state index contributed by atoms with van der Waals surface area (Å²) in [4.78, 5) is 14.0. The summed E-state index contributed by atoms with van der Waals surface area (Å²) in [5.74, 6) is 1.28. The second-order valence-corrected chi connectivity index (χ2v) is 4.72. The van der Waals surface area contributed by atoms with E-state index in [1.165, 1.54) is 12.8 Å². The van der Waals surface area contributed by atoms with Crippen LogP contribution in [0.4, 0.5) is 0 Å². The Morgan fingerprint density at radius 3 is 2.64 bits per heavy atom. The molecule has 0 spiro atoms. The van der Waals surface area contributed by atoms with Gasteiger partial charge in [-0.05, 0) is 31.7 Å². The van der Waals surface area contributed by atoms with Crippen molar-refractivity contribution >= 4 is 5.91 Å². The van der Waals surface area contributed by atoms with Crippen molar-refractivity contribution in [1.29, 1.82) is 0 Å². The minimum Gasteiger partial charge on any atom is -0.341 e. The quantitative estimate of drug-likeness (QED) is 0.726. The van der Waals surface area contributed by atoms with E-state index in [0.29, 0.717) is 17.9 Å². The number of rotatable bonds is 3. The number of nitrogens with zero attached hydrogens (tertiary/aromatic N) is 1. The van der Waals surface area contributed by atoms with Crippen LogP contribution in [0, 0.1) is 11.8 Å². The standard InChI is InChI=1S/C11H20N2O/c1-8(9-3-4-9)11(14)13(2)10-5-6-12-7-10/h8-10,12H,3-7H2,1-2H3. The van der Waals surface area contributed by atoms with Gasteiger partial charge in [-0.15, -0.1) is 0 Å². The van der Waals surface area contributed by atoms with Gasteiger partial charge in [0.15, 0.2) is 0 Å². The average Bonchev–Trinajstić information content (AvgIpc) is 2.90. The number of nitrogens with one attached hydrogen (secondary N) is 1. The Kier molecular flexibility index (Phi) is 2.77. The number of carbonyl (C=O) groups excluding carboxylic acids is 1. The molecule has 0 radical (unpaired) electrons. The van der Waals surface area contributed by atoms with Crippen LogP contribution in [0.1, 0.15) is 26.2 Å². The van der Waals surface area contributed by atoms with Crippen LogP contribution in [0.15, 0.2) is 0 Å². The molecule has 0 aromatic carbocycles. The Morgan fingerprint density at radius 2 is 2.14 bits per heavy atom. The predicted octanol–water partition coefficient (Wildman–Crippen LogP) is 0.853. The molecule has 2 rings (SSSR count). The first-order chi connectivity index (χ1) is 6.70. The van der Waals surface area contributed by atoms with Crippen molar-refractivity contribution in [3.05, 3.63) is 0 Å². The van der Waals surface area contributed by atoms with Crippen molar-refractivity contribution in [2.24, 2.45) is 11.8 Å². The summed E-state index contributed by atoms with van der Waals surface area (Å²) in [6.45, 7) is 4.11. The first kappa shape index (κ1) is 9.97. The number of amides is 1. The minimum absolute atomic E-state index is 0.251. The van der Waals surface area contributed by atoms with Crippen LogP contribution in [0.5, 0.6) is 0 Å². The lowest BCUT2D eigenvalue weighted by molar-refractivity contribution is -0.136. The molecule has 0 aromatic rings. The topological polar surface area (TPSA) is 32.3 Å². The lowest BCUT2D eigenvalue weighted by Crippen LogP contribution is -2.41. The van der Waals surface area contributed by atoms with Gasteiger partial charge in [0.1, 0.15) is 0 Å². The van der Waals surface area contributed by atoms with E-state index in [-0.39, 0.29) is 5.92 Å². The Bertz CT molecular complexity index is 219. The van der Waals surface area contributed by atoms with E-state index in [2.05, 4.69) is 12.2 Å². The summed E-state index contributed by atoms with van der Waals surface area (Å²) < 4.78 is 0. The van der Waals surface area contributed by atoms with Crippen molar-refractivity contribution < 1.29 is 4.79 Å². The maximum absolute atomic E-state index is 12.0. The van der Waals surface area contributed by atoms with Gasteiger partial charge < -0.3 is 10.2 Å². The fourth-order valence-corrected chi connectivity index (χ4v) is 2.27. The molecule has 3 heteroatoms. The summed E-state index contributed by atoms with van der Waals surface area (Å²) >= 11 is 0. The maximum atomic E-state index is 12.0. The molecule has 1 amide bonds. The Labute approximate surface area is 85.8 Å². The van der Waals surface area contributed by atoms with Crippen LogP contribution < -0.4 is 5.32 Å². The molecule has 14 heavy (non-hydrogen) atoms. The van der Waals surface area contributed by atoms with Gasteiger partial charge in [0.2, 0.25) is 5.91 Å². The molecular weight excluding hydrogens is 176 g/mol. The molecule has 1 saturated heterocycles. The molecule has 1 heterocycles. The Balaban J connectivity index is 1.88. The van der Waals surface area contributed by atoms with Crippen molar-refractivity contribution in [3.63, 3.8) is 0 Å². The highest BCUT2D eigenvalue weighted by molar-refractivity contribution is 5.79. The van der Waals surface area contributed by atoms with Crippen LogP contribution in [0.25, 0.3) is 0 Å². The second-order valence-electron chi connectivity index (χ2n) is 4.72. The van der Waals surface area contributed by atoms with E-state index in [4.69, 9.17) is 0 Å². The van der Waals surface area contributed by atoms with Crippen molar-refractivity contribution in [3.8, 4) is 0 Å². The highest BCUT2D eigenvalue weighted by atomic mass is 16.2. The third kappa shape index (κ3) is 1.92. The molecule has 1 aliphatic heterocycles. The summed E-state index contributed by atoms with van der Waals surface area (Å²) in [7, 11) is 1.96. The van der Waals surface area contributed by atoms with Crippen LogP contribution in [0.2, 0.25) is 0 Å². The molecule has 0 aromatic heterocycles. The summed E-state index contributed by atoms with van der Waals surface area (Å²) in [6.07, 6.45) is 3.62. The van der Waals surface area contributed by atoms with E-state index in [9.17, 15) is 4.79 Å². The molecular formula is C11H20N2O. The Hall–Kier alpha value is -0.570. The average molecular weight is 196 g/mol. The number of hydrogen-bond acceptors (Lipinski definition) is 2. The van der Waals surface area contributed by atoms with E-state index in [0.717, 1.165) is 19.5 Å².